The smallest absolute Gasteiger partial charge is 0.240 e. The average molecular weight is 429 g/mol. The molecule has 0 saturated carbocycles. The molecule has 3 aliphatic heterocycles. The molecule has 2 atom stereocenters. The van der Waals surface area contributed by atoms with E-state index in [1.165, 1.54) is 0 Å². The molecule has 4 rings (SSSR count). The van der Waals surface area contributed by atoms with Crippen LogP contribution in [0, 0.1) is 11.8 Å². The molecule has 3 aliphatic rings. The topological polar surface area (TPSA) is 112 Å². The number of hydrogen-bond acceptors (Lipinski definition) is 7. The number of nitrogens with zero attached hydrogens (tertiary/aromatic N) is 6. The van der Waals surface area contributed by atoms with Gasteiger partial charge in [0.15, 0.2) is 0 Å². The maximum atomic E-state index is 13.2. The van der Waals surface area contributed by atoms with Crippen molar-refractivity contribution in [3.05, 3.63) is 18.0 Å². The zero-order valence-corrected chi connectivity index (χ0v) is 18.9. The lowest BCUT2D eigenvalue weighted by atomic mass is 9.75. The Labute approximate surface area is 182 Å². The lowest BCUT2D eigenvalue weighted by Crippen LogP contribution is -2.56. The predicted octanol–water partition coefficient (Wildman–Crippen LogP) is 0.178. The van der Waals surface area contributed by atoms with E-state index in [2.05, 4.69) is 35.3 Å². The molecule has 1 aromatic heterocycles. The highest BCUT2D eigenvalue weighted by Gasteiger charge is 2.53. The average Bonchev–Trinajstić information content (AvgIpc) is 3.24. The first kappa shape index (κ1) is 21.2. The molecule has 0 radical (unpaired) electrons. The van der Waals surface area contributed by atoms with Crippen LogP contribution in [0.3, 0.4) is 0 Å². The first-order chi connectivity index (χ1) is 14.6. The second kappa shape index (κ2) is 7.58. The van der Waals surface area contributed by atoms with Gasteiger partial charge in [-0.15, -0.1) is 0 Å². The van der Waals surface area contributed by atoms with Crippen LogP contribution < -0.4 is 16.1 Å². The predicted molar refractivity (Wildman–Crippen MR) is 119 cm³/mol. The second-order valence-corrected chi connectivity index (χ2v) is 9.22. The lowest BCUT2D eigenvalue weighted by Gasteiger charge is -2.40. The molecule has 4 heterocycles. The van der Waals surface area contributed by atoms with Crippen LogP contribution in [0.15, 0.2) is 17.4 Å². The zero-order chi connectivity index (χ0) is 22.5. The summed E-state index contributed by atoms with van der Waals surface area (Å²) in [5, 5.41) is 9.00. The molecule has 1 fully saturated rings. The van der Waals surface area contributed by atoms with Crippen molar-refractivity contribution < 1.29 is 9.59 Å². The number of rotatable bonds is 4. The fourth-order valence-electron chi connectivity index (χ4n) is 4.72. The molecule has 0 bridgehead atoms. The summed E-state index contributed by atoms with van der Waals surface area (Å²) in [4.78, 5) is 30.7. The van der Waals surface area contributed by atoms with E-state index in [1.54, 1.807) is 11.8 Å². The van der Waals surface area contributed by atoms with Crippen LogP contribution >= 0.6 is 0 Å². The van der Waals surface area contributed by atoms with Gasteiger partial charge in [0.25, 0.3) is 0 Å². The molecular weight excluding hydrogens is 396 g/mol. The van der Waals surface area contributed by atoms with E-state index in [1.807, 2.05) is 29.8 Å². The first-order valence-electron chi connectivity index (χ1n) is 10.8. The maximum absolute atomic E-state index is 13.2. The number of aryl methyl sites for hydroxylation is 1. The fourth-order valence-corrected chi connectivity index (χ4v) is 4.72. The van der Waals surface area contributed by atoms with E-state index in [0.29, 0.717) is 31.4 Å². The van der Waals surface area contributed by atoms with E-state index < -0.39 is 11.5 Å². The largest absolute Gasteiger partial charge is 0.385 e. The quantitative estimate of drug-likeness (QED) is 0.708. The second-order valence-electron chi connectivity index (χ2n) is 9.22. The number of hydrazone groups is 1. The maximum Gasteiger partial charge on any atom is 0.240 e. The summed E-state index contributed by atoms with van der Waals surface area (Å²) in [7, 11) is 1.92. The van der Waals surface area contributed by atoms with Crippen molar-refractivity contribution in [3.8, 4) is 0 Å². The van der Waals surface area contributed by atoms with Gasteiger partial charge < -0.3 is 20.4 Å². The van der Waals surface area contributed by atoms with Crippen molar-refractivity contribution in [2.24, 2.45) is 29.7 Å². The monoisotopic (exact) mass is 428 g/mol. The van der Waals surface area contributed by atoms with Crippen molar-refractivity contribution in [2.75, 3.05) is 37.6 Å². The van der Waals surface area contributed by atoms with Crippen molar-refractivity contribution in [3.63, 3.8) is 0 Å². The first-order valence-corrected chi connectivity index (χ1v) is 10.8. The fraction of sp³-hybridized carbons (Fsp3) is 0.619. The minimum atomic E-state index is -0.742. The van der Waals surface area contributed by atoms with E-state index >= 15 is 0 Å². The summed E-state index contributed by atoms with van der Waals surface area (Å²) in [5.41, 5.74) is 10.2. The van der Waals surface area contributed by atoms with Crippen LogP contribution in [0.25, 0.3) is 5.57 Å². The van der Waals surface area contributed by atoms with Crippen molar-refractivity contribution >= 4 is 29.0 Å². The molecule has 31 heavy (non-hydrogen) atoms. The number of piperazine rings is 1. The number of anilines is 1. The van der Waals surface area contributed by atoms with Gasteiger partial charge in [-0.05, 0) is 12.8 Å². The molecule has 168 valence electrons. The van der Waals surface area contributed by atoms with Crippen LogP contribution in [0.4, 0.5) is 5.82 Å². The van der Waals surface area contributed by atoms with Crippen molar-refractivity contribution in [1.82, 2.24) is 25.0 Å². The summed E-state index contributed by atoms with van der Waals surface area (Å²) in [5.74, 6) is 1.12. The standard InChI is InChI=1S/C21H32N8O2/c1-13(2)11-29-12-15(21(4)18(20(29)31)19(22)23-25-21)16-10-17(26(5)24-16)28-8-6-27(7-9-28)14(3)30/h10,12-13,18,25H,6-9,11H2,1-5H3,(H2,22,23). The zero-order valence-electron chi connectivity index (χ0n) is 18.9. The Hall–Kier alpha value is -3.04. The number of nitrogens with two attached hydrogens (primary N) is 1. The summed E-state index contributed by atoms with van der Waals surface area (Å²) >= 11 is 0. The van der Waals surface area contributed by atoms with Crippen molar-refractivity contribution in [1.29, 1.82) is 0 Å². The van der Waals surface area contributed by atoms with Crippen LogP contribution in [0.5, 0.6) is 0 Å². The van der Waals surface area contributed by atoms with Gasteiger partial charge in [0.2, 0.25) is 11.8 Å². The molecule has 0 aliphatic carbocycles. The number of aromatic nitrogens is 2. The lowest BCUT2D eigenvalue weighted by molar-refractivity contribution is -0.133. The third kappa shape index (κ3) is 3.53. The van der Waals surface area contributed by atoms with Gasteiger partial charge in [0.05, 0.1) is 11.2 Å². The van der Waals surface area contributed by atoms with Gasteiger partial charge in [-0.25, -0.2) is 0 Å². The minimum absolute atomic E-state index is 0.0392. The number of carbonyl (C=O) groups excluding carboxylic acids is 2. The van der Waals surface area contributed by atoms with Gasteiger partial charge in [-0.1, -0.05) is 13.8 Å². The normalized spacial score (nSPS) is 26.1. The Kier molecular flexibility index (Phi) is 5.18. The Bertz CT molecular complexity index is 957. The van der Waals surface area contributed by atoms with E-state index in [9.17, 15) is 9.59 Å². The van der Waals surface area contributed by atoms with Gasteiger partial charge in [0, 0.05) is 64.5 Å². The van der Waals surface area contributed by atoms with Gasteiger partial charge >= 0.3 is 0 Å². The third-order valence-electron chi connectivity index (χ3n) is 6.41. The minimum Gasteiger partial charge on any atom is -0.385 e. The number of amides is 2. The highest BCUT2D eigenvalue weighted by atomic mass is 16.2. The molecular formula is C21H32N8O2. The third-order valence-corrected chi connectivity index (χ3v) is 6.41. The Morgan fingerprint density at radius 1 is 1.32 bits per heavy atom. The highest BCUT2D eigenvalue weighted by Crippen LogP contribution is 2.41. The molecule has 0 spiro atoms. The molecule has 1 saturated heterocycles. The summed E-state index contributed by atoms with van der Waals surface area (Å²) in [6, 6.07) is 2.05. The van der Waals surface area contributed by atoms with Gasteiger partial charge in [0.1, 0.15) is 17.6 Å². The molecule has 3 N–H and O–H groups in total. The Balaban J connectivity index is 1.67. The molecule has 10 heteroatoms. The molecule has 10 nitrogen and oxygen atoms in total. The van der Waals surface area contributed by atoms with E-state index in [0.717, 1.165) is 30.2 Å². The number of amidine groups is 1. The number of hydrogen-bond donors (Lipinski definition) is 2. The van der Waals surface area contributed by atoms with Crippen LogP contribution in [-0.2, 0) is 16.6 Å². The number of nitrogens with one attached hydrogen (secondary N) is 1. The highest BCUT2D eigenvalue weighted by molar-refractivity contribution is 6.09. The molecule has 2 amide bonds. The molecule has 0 aromatic carbocycles. The Morgan fingerprint density at radius 3 is 2.61 bits per heavy atom. The summed E-state index contributed by atoms with van der Waals surface area (Å²) < 4.78 is 1.86. The van der Waals surface area contributed by atoms with E-state index in [4.69, 9.17) is 10.8 Å². The SMILES string of the molecule is CC(=O)N1CCN(c2cc(C3=CN(CC(C)C)C(=O)C4C(N)=NNC34C)nn2C)CC1. The summed E-state index contributed by atoms with van der Waals surface area (Å²) in [6.07, 6.45) is 1.90. The number of fused-ring (bicyclic) bond motifs is 1. The van der Waals surface area contributed by atoms with Crippen LogP contribution in [0.2, 0.25) is 0 Å². The molecule has 1 aromatic rings. The molecule has 2 unspecified atom stereocenters. The Morgan fingerprint density at radius 2 is 2.00 bits per heavy atom. The van der Waals surface area contributed by atoms with Crippen LogP contribution in [-0.4, -0.2) is 75.5 Å². The number of carbonyl (C=O) groups is 2. The summed E-state index contributed by atoms with van der Waals surface area (Å²) in [6.45, 7) is 11.2. The van der Waals surface area contributed by atoms with Gasteiger partial charge in [-0.2, -0.15) is 10.2 Å². The van der Waals surface area contributed by atoms with Crippen LogP contribution in [0.1, 0.15) is 33.4 Å². The van der Waals surface area contributed by atoms with Gasteiger partial charge in [-0.3, -0.25) is 19.7 Å². The van der Waals surface area contributed by atoms with Crippen molar-refractivity contribution in [2.45, 2.75) is 33.2 Å². The van der Waals surface area contributed by atoms with E-state index in [-0.39, 0.29) is 11.8 Å².